The highest BCUT2D eigenvalue weighted by atomic mass is 127. The molecule has 0 saturated carbocycles. The second-order valence-electron chi connectivity index (χ2n) is 9.10. The molecular formula is C22H38IN5O2. The molecule has 1 saturated heterocycles. The van der Waals surface area contributed by atoms with Crippen molar-refractivity contribution in [3.05, 3.63) is 35.4 Å². The molecule has 2 rings (SSSR count). The van der Waals surface area contributed by atoms with Gasteiger partial charge >= 0.3 is 0 Å². The molecule has 7 nitrogen and oxygen atoms in total. The Morgan fingerprint density at radius 2 is 1.80 bits per heavy atom. The van der Waals surface area contributed by atoms with Gasteiger partial charge in [0.15, 0.2) is 5.96 Å². The van der Waals surface area contributed by atoms with Crippen LogP contribution < -0.4 is 16.0 Å². The van der Waals surface area contributed by atoms with Crippen LogP contribution in [0.25, 0.3) is 0 Å². The van der Waals surface area contributed by atoms with E-state index in [0.29, 0.717) is 12.1 Å². The molecule has 0 atom stereocenters. The molecule has 1 amide bonds. The fourth-order valence-corrected chi connectivity index (χ4v) is 3.22. The predicted molar refractivity (Wildman–Crippen MR) is 134 cm³/mol. The summed E-state index contributed by atoms with van der Waals surface area (Å²) in [6.07, 6.45) is 0. The van der Waals surface area contributed by atoms with Crippen LogP contribution >= 0.6 is 24.0 Å². The van der Waals surface area contributed by atoms with Crippen molar-refractivity contribution in [1.29, 1.82) is 0 Å². The summed E-state index contributed by atoms with van der Waals surface area (Å²) in [4.78, 5) is 19.2. The molecule has 170 valence electrons. The number of aliphatic imine (C=N–C) groups is 1. The first kappa shape index (κ1) is 26.6. The number of hydrogen-bond acceptors (Lipinski definition) is 4. The first-order chi connectivity index (χ1) is 13.6. The van der Waals surface area contributed by atoms with Crippen molar-refractivity contribution >= 4 is 35.8 Å². The van der Waals surface area contributed by atoms with Gasteiger partial charge in [0.05, 0.1) is 13.2 Å². The lowest BCUT2D eigenvalue weighted by Crippen LogP contribution is -2.56. The zero-order valence-electron chi connectivity index (χ0n) is 19.2. The van der Waals surface area contributed by atoms with Crippen LogP contribution in [0, 0.1) is 0 Å². The monoisotopic (exact) mass is 531 g/mol. The zero-order chi connectivity index (χ0) is 21.5. The number of rotatable bonds is 6. The van der Waals surface area contributed by atoms with Crippen molar-refractivity contribution < 1.29 is 9.53 Å². The van der Waals surface area contributed by atoms with Crippen molar-refractivity contribution in [3.8, 4) is 0 Å². The molecule has 1 aliphatic heterocycles. The standard InChI is InChI=1S/C22H37N5O2.HI/c1-21(2,3)26-19(28)18-9-7-8-17(14-18)15-24-20(23-6)25-16-22(4,5)27-10-12-29-13-11-27;/h7-9,14H,10-13,15-16H2,1-6H3,(H,26,28)(H2,23,24,25);1H. The molecule has 0 aliphatic carbocycles. The Morgan fingerprint density at radius 3 is 2.40 bits per heavy atom. The SMILES string of the molecule is CN=C(NCc1cccc(C(=O)NC(C)(C)C)c1)NCC(C)(C)N1CCOCC1.I. The molecule has 1 aliphatic rings. The van der Waals surface area contributed by atoms with Gasteiger partial charge < -0.3 is 20.7 Å². The minimum Gasteiger partial charge on any atom is -0.379 e. The molecule has 0 aromatic heterocycles. The van der Waals surface area contributed by atoms with Gasteiger partial charge in [0.1, 0.15) is 0 Å². The van der Waals surface area contributed by atoms with E-state index >= 15 is 0 Å². The summed E-state index contributed by atoms with van der Waals surface area (Å²) in [6, 6.07) is 7.67. The van der Waals surface area contributed by atoms with Crippen molar-refractivity contribution in [2.45, 2.75) is 52.2 Å². The Labute approximate surface area is 198 Å². The number of ether oxygens (including phenoxy) is 1. The van der Waals surface area contributed by atoms with E-state index in [4.69, 9.17) is 4.74 Å². The van der Waals surface area contributed by atoms with Crippen LogP contribution in [0.2, 0.25) is 0 Å². The number of benzene rings is 1. The third-order valence-corrected chi connectivity index (χ3v) is 4.92. The summed E-state index contributed by atoms with van der Waals surface area (Å²) in [5, 5.41) is 9.76. The number of carbonyl (C=O) groups is 1. The quantitative estimate of drug-likeness (QED) is 0.299. The number of nitrogens with one attached hydrogen (secondary N) is 3. The van der Waals surface area contributed by atoms with Crippen molar-refractivity contribution in [3.63, 3.8) is 0 Å². The summed E-state index contributed by atoms with van der Waals surface area (Å²) >= 11 is 0. The van der Waals surface area contributed by atoms with Gasteiger partial charge in [-0.1, -0.05) is 12.1 Å². The maximum Gasteiger partial charge on any atom is 0.251 e. The molecule has 0 radical (unpaired) electrons. The zero-order valence-corrected chi connectivity index (χ0v) is 21.5. The lowest BCUT2D eigenvalue weighted by molar-refractivity contribution is -0.00834. The van der Waals surface area contributed by atoms with E-state index in [-0.39, 0.29) is 41.0 Å². The maximum atomic E-state index is 12.4. The molecule has 3 N–H and O–H groups in total. The first-order valence-corrected chi connectivity index (χ1v) is 10.3. The van der Waals surface area contributed by atoms with Crippen LogP contribution in [0.5, 0.6) is 0 Å². The largest absolute Gasteiger partial charge is 0.379 e. The maximum absolute atomic E-state index is 12.4. The smallest absolute Gasteiger partial charge is 0.251 e. The number of halogens is 1. The fraction of sp³-hybridized carbons (Fsp3) is 0.636. The van der Waals surface area contributed by atoms with Crippen LogP contribution in [0.3, 0.4) is 0 Å². The molecule has 30 heavy (non-hydrogen) atoms. The summed E-state index contributed by atoms with van der Waals surface area (Å²) < 4.78 is 5.46. The molecule has 8 heteroatoms. The Kier molecular flexibility index (Phi) is 10.5. The molecule has 0 spiro atoms. The molecular weight excluding hydrogens is 493 g/mol. The number of hydrogen-bond donors (Lipinski definition) is 3. The highest BCUT2D eigenvalue weighted by Crippen LogP contribution is 2.15. The van der Waals surface area contributed by atoms with E-state index in [2.05, 4.69) is 39.7 Å². The van der Waals surface area contributed by atoms with Gasteiger partial charge in [0.25, 0.3) is 5.91 Å². The predicted octanol–water partition coefficient (Wildman–Crippen LogP) is 2.61. The second-order valence-corrected chi connectivity index (χ2v) is 9.10. The van der Waals surface area contributed by atoms with E-state index in [1.165, 1.54) is 0 Å². The highest BCUT2D eigenvalue weighted by molar-refractivity contribution is 14.0. The Bertz CT molecular complexity index is 710. The average molecular weight is 531 g/mol. The van der Waals surface area contributed by atoms with Gasteiger partial charge in [-0.15, -0.1) is 24.0 Å². The summed E-state index contributed by atoms with van der Waals surface area (Å²) in [5.74, 6) is 0.685. The number of nitrogens with zero attached hydrogens (tertiary/aromatic N) is 2. The average Bonchev–Trinajstić information content (AvgIpc) is 2.68. The van der Waals surface area contributed by atoms with Crippen LogP contribution in [0.1, 0.15) is 50.5 Å². The van der Waals surface area contributed by atoms with E-state index in [9.17, 15) is 4.79 Å². The summed E-state index contributed by atoms with van der Waals surface area (Å²) in [5.41, 5.74) is 1.44. The Hall–Kier alpha value is -1.39. The summed E-state index contributed by atoms with van der Waals surface area (Å²) in [7, 11) is 1.77. The molecule has 0 unspecified atom stereocenters. The molecule has 1 heterocycles. The first-order valence-electron chi connectivity index (χ1n) is 10.3. The van der Waals surface area contributed by atoms with Gasteiger partial charge in [-0.25, -0.2) is 0 Å². The van der Waals surface area contributed by atoms with Gasteiger partial charge in [-0.2, -0.15) is 0 Å². The topological polar surface area (TPSA) is 78.0 Å². The number of morpholine rings is 1. The van der Waals surface area contributed by atoms with Crippen molar-refractivity contribution in [2.75, 3.05) is 39.9 Å². The number of amides is 1. The van der Waals surface area contributed by atoms with E-state index in [0.717, 1.165) is 44.4 Å². The van der Waals surface area contributed by atoms with Crippen LogP contribution in [-0.2, 0) is 11.3 Å². The second kappa shape index (κ2) is 11.9. The van der Waals surface area contributed by atoms with E-state index in [1.807, 2.05) is 45.0 Å². The van der Waals surface area contributed by atoms with Crippen molar-refractivity contribution in [1.82, 2.24) is 20.9 Å². The van der Waals surface area contributed by atoms with Gasteiger partial charge in [0.2, 0.25) is 0 Å². The summed E-state index contributed by atoms with van der Waals surface area (Å²) in [6.45, 7) is 15.2. The normalized spacial score (nSPS) is 15.9. The van der Waals surface area contributed by atoms with E-state index in [1.54, 1.807) is 7.05 Å². The Balaban J connectivity index is 0.00000450. The fourth-order valence-electron chi connectivity index (χ4n) is 3.22. The third kappa shape index (κ3) is 8.77. The molecule has 1 aromatic rings. The van der Waals surface area contributed by atoms with Gasteiger partial charge in [-0.3, -0.25) is 14.7 Å². The van der Waals surface area contributed by atoms with Crippen molar-refractivity contribution in [2.24, 2.45) is 4.99 Å². The lowest BCUT2D eigenvalue weighted by Gasteiger charge is -2.41. The van der Waals surface area contributed by atoms with Gasteiger partial charge in [0, 0.05) is 49.9 Å². The minimum absolute atomic E-state index is 0. The Morgan fingerprint density at radius 1 is 1.13 bits per heavy atom. The molecule has 0 bridgehead atoms. The number of carbonyl (C=O) groups excluding carboxylic acids is 1. The molecule has 1 fully saturated rings. The van der Waals surface area contributed by atoms with E-state index < -0.39 is 0 Å². The minimum atomic E-state index is -0.259. The number of guanidine groups is 1. The third-order valence-electron chi connectivity index (χ3n) is 4.92. The highest BCUT2D eigenvalue weighted by Gasteiger charge is 2.28. The molecule has 1 aromatic carbocycles. The van der Waals surface area contributed by atoms with Crippen LogP contribution in [-0.4, -0.2) is 67.7 Å². The lowest BCUT2D eigenvalue weighted by atomic mass is 10.0. The van der Waals surface area contributed by atoms with Gasteiger partial charge in [-0.05, 0) is 52.3 Å². The van der Waals surface area contributed by atoms with Crippen LogP contribution in [0.4, 0.5) is 0 Å². The van der Waals surface area contributed by atoms with Crippen LogP contribution in [0.15, 0.2) is 29.3 Å².